The van der Waals surface area contributed by atoms with E-state index in [1.807, 2.05) is 0 Å². The van der Waals surface area contributed by atoms with Crippen molar-refractivity contribution in [2.75, 3.05) is 26.6 Å². The number of nitrogens with one attached hydrogen (secondary N) is 1. The fraction of sp³-hybridized carbons (Fsp3) is 0.444. The largest absolute Gasteiger partial charge is 0.493 e. The molecule has 134 valence electrons. The molecule has 0 aliphatic heterocycles. The molecule has 1 aliphatic rings. The first-order valence-electron chi connectivity index (χ1n) is 8.16. The molecule has 0 fully saturated rings. The highest BCUT2D eigenvalue weighted by atomic mass is 16.5. The molecule has 7 nitrogen and oxygen atoms in total. The molecule has 0 unspecified atom stereocenters. The fourth-order valence-electron chi connectivity index (χ4n) is 3.10. The van der Waals surface area contributed by atoms with Gasteiger partial charge in [-0.05, 0) is 18.8 Å². The Bertz CT molecular complexity index is 759. The topological polar surface area (TPSA) is 82.8 Å². The van der Waals surface area contributed by atoms with Gasteiger partial charge >= 0.3 is 0 Å². The van der Waals surface area contributed by atoms with E-state index < -0.39 is 0 Å². The van der Waals surface area contributed by atoms with E-state index in [4.69, 9.17) is 18.7 Å². The van der Waals surface area contributed by atoms with Gasteiger partial charge in [-0.15, -0.1) is 0 Å². The van der Waals surface area contributed by atoms with Gasteiger partial charge in [-0.25, -0.2) is 0 Å². The second kappa shape index (κ2) is 7.04. The van der Waals surface area contributed by atoms with Gasteiger partial charge in [0.1, 0.15) is 5.76 Å². The number of nitrogens with zero attached hydrogens (tertiary/aromatic N) is 1. The summed E-state index contributed by atoms with van der Waals surface area (Å²) in [6.07, 6.45) is 2.67. The average molecular weight is 346 g/mol. The number of rotatable bonds is 5. The normalized spacial score (nSPS) is 16.1. The molecule has 25 heavy (non-hydrogen) atoms. The number of aryl methyl sites for hydroxylation is 1. The Morgan fingerprint density at radius 1 is 1.20 bits per heavy atom. The predicted molar refractivity (Wildman–Crippen MR) is 91.7 cm³/mol. The minimum atomic E-state index is -0.312. The summed E-state index contributed by atoms with van der Waals surface area (Å²) in [5.74, 6) is 2.41. The van der Waals surface area contributed by atoms with Gasteiger partial charge in [0.05, 0.1) is 21.3 Å². The molecule has 1 aliphatic carbocycles. The molecule has 1 aromatic carbocycles. The van der Waals surface area contributed by atoms with E-state index in [-0.39, 0.29) is 5.91 Å². The minimum Gasteiger partial charge on any atom is -0.493 e. The van der Waals surface area contributed by atoms with E-state index in [9.17, 15) is 4.79 Å². The summed E-state index contributed by atoms with van der Waals surface area (Å²) in [6.45, 7) is 2.16. The van der Waals surface area contributed by atoms with Gasteiger partial charge in [-0.1, -0.05) is 12.1 Å². The molecule has 1 amide bonds. The van der Waals surface area contributed by atoms with Gasteiger partial charge in [0.2, 0.25) is 5.75 Å². The lowest BCUT2D eigenvalue weighted by atomic mass is 9.88. The van der Waals surface area contributed by atoms with E-state index in [2.05, 4.69) is 17.4 Å². The fourth-order valence-corrected chi connectivity index (χ4v) is 3.10. The molecule has 3 rings (SSSR count). The highest BCUT2D eigenvalue weighted by molar-refractivity contribution is 6.04. The van der Waals surface area contributed by atoms with Gasteiger partial charge in [-0.2, -0.15) is 0 Å². The monoisotopic (exact) mass is 346 g/mol. The van der Waals surface area contributed by atoms with Crippen LogP contribution in [0.5, 0.6) is 17.2 Å². The van der Waals surface area contributed by atoms with Crippen molar-refractivity contribution in [2.24, 2.45) is 5.92 Å². The zero-order chi connectivity index (χ0) is 18.0. The summed E-state index contributed by atoms with van der Waals surface area (Å²) in [5.41, 5.74) is 1.78. The van der Waals surface area contributed by atoms with E-state index in [1.165, 1.54) is 21.3 Å². The number of methoxy groups -OCH3 is 3. The molecule has 1 aromatic heterocycles. The van der Waals surface area contributed by atoms with Crippen molar-refractivity contribution >= 4 is 11.6 Å². The highest BCUT2D eigenvalue weighted by Gasteiger charge is 2.27. The van der Waals surface area contributed by atoms with Crippen LogP contribution in [0.4, 0.5) is 5.69 Å². The number of carbonyl (C=O) groups excluding carboxylic acids is 1. The number of benzene rings is 1. The first-order valence-corrected chi connectivity index (χ1v) is 8.16. The maximum Gasteiger partial charge on any atom is 0.278 e. The number of anilines is 1. The Morgan fingerprint density at radius 2 is 1.88 bits per heavy atom. The first-order chi connectivity index (χ1) is 12.1. The molecule has 1 heterocycles. The maximum absolute atomic E-state index is 12.7. The Hall–Kier alpha value is -2.70. The molecule has 2 aromatic rings. The lowest BCUT2D eigenvalue weighted by molar-refractivity contribution is 0.101. The van der Waals surface area contributed by atoms with Crippen LogP contribution >= 0.6 is 0 Å². The van der Waals surface area contributed by atoms with Crippen molar-refractivity contribution in [3.8, 4) is 17.2 Å². The zero-order valence-corrected chi connectivity index (χ0v) is 14.8. The Morgan fingerprint density at radius 3 is 2.48 bits per heavy atom. The molecular formula is C18H22N2O5. The Kier molecular flexibility index (Phi) is 4.83. The number of carbonyl (C=O) groups is 1. The molecule has 0 bridgehead atoms. The third-order valence-corrected chi connectivity index (χ3v) is 4.42. The maximum atomic E-state index is 12.7. The molecule has 0 saturated heterocycles. The Labute approximate surface area is 146 Å². The minimum absolute atomic E-state index is 0.312. The molecule has 7 heteroatoms. The standard InChI is InChI=1S/C18H22N2O5/c1-10-5-6-13-12(7-10)16(20-25-13)18(21)19-11-8-14(22-2)17(24-4)15(9-11)23-3/h8-10H,5-7H2,1-4H3,(H,19,21)/t10-/m0/s1. The summed E-state index contributed by atoms with van der Waals surface area (Å²) in [6, 6.07) is 3.35. The molecule has 1 atom stereocenters. The number of hydrogen-bond donors (Lipinski definition) is 1. The van der Waals surface area contributed by atoms with Crippen LogP contribution in [0.25, 0.3) is 0 Å². The number of fused-ring (bicyclic) bond motifs is 1. The van der Waals surface area contributed by atoms with Crippen molar-refractivity contribution in [2.45, 2.75) is 26.2 Å². The van der Waals surface area contributed by atoms with E-state index in [0.29, 0.717) is 34.5 Å². The molecule has 0 radical (unpaired) electrons. The van der Waals surface area contributed by atoms with Crippen molar-refractivity contribution in [1.82, 2.24) is 5.16 Å². The summed E-state index contributed by atoms with van der Waals surface area (Å²) in [5, 5.41) is 6.81. The van der Waals surface area contributed by atoms with Crippen LogP contribution in [0.1, 0.15) is 35.2 Å². The van der Waals surface area contributed by atoms with E-state index in [1.54, 1.807) is 12.1 Å². The third kappa shape index (κ3) is 3.26. The Balaban J connectivity index is 1.88. The predicted octanol–water partition coefficient (Wildman–Crippen LogP) is 3.08. The highest BCUT2D eigenvalue weighted by Crippen LogP contribution is 2.40. The van der Waals surface area contributed by atoms with Gasteiger partial charge < -0.3 is 24.1 Å². The van der Waals surface area contributed by atoms with Crippen LogP contribution in [0.15, 0.2) is 16.7 Å². The van der Waals surface area contributed by atoms with Gasteiger partial charge in [-0.3, -0.25) is 4.79 Å². The second-order valence-electron chi connectivity index (χ2n) is 6.15. The number of aromatic nitrogens is 1. The lowest BCUT2D eigenvalue weighted by Crippen LogP contribution is -2.18. The summed E-state index contributed by atoms with van der Waals surface area (Å²) < 4.78 is 21.2. The van der Waals surface area contributed by atoms with Crippen LogP contribution < -0.4 is 19.5 Å². The van der Waals surface area contributed by atoms with Crippen molar-refractivity contribution in [3.63, 3.8) is 0 Å². The van der Waals surface area contributed by atoms with Crippen LogP contribution in [0, 0.1) is 5.92 Å². The van der Waals surface area contributed by atoms with Gasteiger partial charge in [0, 0.05) is 29.8 Å². The molecule has 0 saturated carbocycles. The average Bonchev–Trinajstić information content (AvgIpc) is 3.03. The van der Waals surface area contributed by atoms with Gasteiger partial charge in [0.15, 0.2) is 17.2 Å². The van der Waals surface area contributed by atoms with Crippen LogP contribution in [-0.2, 0) is 12.8 Å². The van der Waals surface area contributed by atoms with Crippen molar-refractivity contribution < 1.29 is 23.5 Å². The van der Waals surface area contributed by atoms with E-state index in [0.717, 1.165) is 30.6 Å². The summed E-state index contributed by atoms with van der Waals surface area (Å²) >= 11 is 0. The lowest BCUT2D eigenvalue weighted by Gasteiger charge is -2.17. The molecular weight excluding hydrogens is 324 g/mol. The van der Waals surface area contributed by atoms with Crippen LogP contribution in [0.3, 0.4) is 0 Å². The smallest absolute Gasteiger partial charge is 0.278 e. The quantitative estimate of drug-likeness (QED) is 0.896. The number of ether oxygens (including phenoxy) is 3. The molecule has 0 spiro atoms. The SMILES string of the molecule is COc1cc(NC(=O)c2noc3c2C[C@@H](C)CC3)cc(OC)c1OC. The van der Waals surface area contributed by atoms with Crippen molar-refractivity contribution in [1.29, 1.82) is 0 Å². The number of hydrogen-bond acceptors (Lipinski definition) is 6. The second-order valence-corrected chi connectivity index (χ2v) is 6.15. The van der Waals surface area contributed by atoms with Crippen LogP contribution in [-0.4, -0.2) is 32.4 Å². The number of amides is 1. The molecule has 1 N–H and O–H groups in total. The van der Waals surface area contributed by atoms with Gasteiger partial charge in [0.25, 0.3) is 5.91 Å². The first kappa shape index (κ1) is 17.1. The zero-order valence-electron chi connectivity index (χ0n) is 14.8. The summed E-state index contributed by atoms with van der Waals surface area (Å²) in [7, 11) is 4.58. The van der Waals surface area contributed by atoms with E-state index >= 15 is 0 Å². The van der Waals surface area contributed by atoms with Crippen LogP contribution in [0.2, 0.25) is 0 Å². The summed E-state index contributed by atoms with van der Waals surface area (Å²) in [4.78, 5) is 12.7. The van der Waals surface area contributed by atoms with Crippen molar-refractivity contribution in [3.05, 3.63) is 29.2 Å². The third-order valence-electron chi connectivity index (χ3n) is 4.42.